The third-order valence-electron chi connectivity index (χ3n) is 2.37. The van der Waals surface area contributed by atoms with Gasteiger partial charge in [0.1, 0.15) is 0 Å². The summed E-state index contributed by atoms with van der Waals surface area (Å²) in [7, 11) is 0. The molecule has 0 amide bonds. The molecule has 0 saturated carbocycles. The minimum atomic E-state index is 0.617. The predicted octanol–water partition coefficient (Wildman–Crippen LogP) is 1.61. The summed E-state index contributed by atoms with van der Waals surface area (Å²) in [6.45, 7) is 8.65. The molecule has 1 heterocycles. The second-order valence-electron chi connectivity index (χ2n) is 3.68. The Morgan fingerprint density at radius 3 is 2.67 bits per heavy atom. The molecule has 70 valence electrons. The van der Waals surface area contributed by atoms with E-state index in [1.807, 2.05) is 0 Å². The summed E-state index contributed by atoms with van der Waals surface area (Å²) in [5, 5.41) is 4.12. The molecule has 1 aliphatic heterocycles. The van der Waals surface area contributed by atoms with E-state index in [2.05, 4.69) is 31.0 Å². The molecule has 1 N–H and O–H groups in total. The van der Waals surface area contributed by atoms with Crippen molar-refractivity contribution in [3.63, 3.8) is 0 Å². The molecule has 0 radical (unpaired) electrons. The van der Waals surface area contributed by atoms with Crippen LogP contribution in [0.15, 0.2) is 0 Å². The van der Waals surface area contributed by atoms with Gasteiger partial charge >= 0.3 is 0 Å². The van der Waals surface area contributed by atoms with Gasteiger partial charge in [0, 0.05) is 19.1 Å². The topological polar surface area (TPSA) is 15.3 Å². The predicted molar refractivity (Wildman–Crippen MR) is 56.2 cm³/mol. The van der Waals surface area contributed by atoms with Crippen LogP contribution in [0.5, 0.6) is 0 Å². The van der Waals surface area contributed by atoms with Gasteiger partial charge in [-0.15, -0.1) is 0 Å². The van der Waals surface area contributed by atoms with Crippen LogP contribution >= 0.6 is 12.2 Å². The maximum absolute atomic E-state index is 5.26. The molecule has 3 heteroatoms. The summed E-state index contributed by atoms with van der Waals surface area (Å²) in [5.74, 6) is 0.789. The van der Waals surface area contributed by atoms with Crippen LogP contribution in [0.3, 0.4) is 0 Å². The van der Waals surface area contributed by atoms with Gasteiger partial charge in [0.2, 0.25) is 0 Å². The van der Waals surface area contributed by atoms with Crippen LogP contribution in [-0.4, -0.2) is 29.1 Å². The van der Waals surface area contributed by atoms with Crippen LogP contribution in [0.1, 0.15) is 27.2 Å². The molecule has 1 aliphatic rings. The van der Waals surface area contributed by atoms with Gasteiger partial charge in [-0.3, -0.25) is 0 Å². The quantitative estimate of drug-likeness (QED) is 0.626. The summed E-state index contributed by atoms with van der Waals surface area (Å²) >= 11 is 5.26. The summed E-state index contributed by atoms with van der Waals surface area (Å²) in [6, 6.07) is 0.617. The Kier molecular flexibility index (Phi) is 3.32. The molecule has 1 saturated heterocycles. The number of likely N-dealkylation sites (tertiary alicyclic amines) is 1. The van der Waals surface area contributed by atoms with Gasteiger partial charge in [0.15, 0.2) is 5.11 Å². The average molecular weight is 186 g/mol. The van der Waals surface area contributed by atoms with E-state index in [9.17, 15) is 0 Å². The Labute approximate surface area is 80.3 Å². The second-order valence-corrected chi connectivity index (χ2v) is 4.06. The van der Waals surface area contributed by atoms with E-state index < -0.39 is 0 Å². The lowest BCUT2D eigenvalue weighted by Crippen LogP contribution is -2.41. The molecule has 1 fully saturated rings. The molecule has 12 heavy (non-hydrogen) atoms. The molecule has 0 aromatic carbocycles. The van der Waals surface area contributed by atoms with Gasteiger partial charge in [0.25, 0.3) is 0 Å². The highest BCUT2D eigenvalue weighted by Crippen LogP contribution is 2.21. The highest BCUT2D eigenvalue weighted by Gasteiger charge is 2.27. The lowest BCUT2D eigenvalue weighted by molar-refractivity contribution is 0.405. The molecular formula is C9H18N2S. The molecule has 0 spiro atoms. The Hall–Kier alpha value is -0.310. The number of rotatable bonds is 1. The summed E-state index contributed by atoms with van der Waals surface area (Å²) in [5.41, 5.74) is 0. The monoisotopic (exact) mass is 186 g/mol. The summed E-state index contributed by atoms with van der Waals surface area (Å²) in [6.07, 6.45) is 1.27. The molecule has 0 aliphatic carbocycles. The van der Waals surface area contributed by atoms with Crippen molar-refractivity contribution in [1.29, 1.82) is 0 Å². The minimum Gasteiger partial charge on any atom is -0.363 e. The van der Waals surface area contributed by atoms with Crippen molar-refractivity contribution in [1.82, 2.24) is 10.2 Å². The first kappa shape index (κ1) is 9.78. The average Bonchev–Trinajstić information content (AvgIpc) is 2.30. The highest BCUT2D eigenvalue weighted by molar-refractivity contribution is 7.80. The van der Waals surface area contributed by atoms with Crippen LogP contribution in [0.4, 0.5) is 0 Å². The first-order valence-corrected chi connectivity index (χ1v) is 5.10. The van der Waals surface area contributed by atoms with Crippen LogP contribution in [0.2, 0.25) is 0 Å². The van der Waals surface area contributed by atoms with E-state index in [-0.39, 0.29) is 0 Å². The van der Waals surface area contributed by atoms with Gasteiger partial charge < -0.3 is 10.2 Å². The minimum absolute atomic E-state index is 0.617. The normalized spacial score (nSPS) is 29.1. The molecular weight excluding hydrogens is 168 g/mol. The summed E-state index contributed by atoms with van der Waals surface area (Å²) < 4.78 is 0. The molecule has 2 nitrogen and oxygen atoms in total. The van der Waals surface area contributed by atoms with Crippen molar-refractivity contribution >= 4 is 17.3 Å². The van der Waals surface area contributed by atoms with Crippen molar-refractivity contribution < 1.29 is 0 Å². The smallest absolute Gasteiger partial charge is 0.169 e. The second kappa shape index (κ2) is 4.08. The summed E-state index contributed by atoms with van der Waals surface area (Å²) in [4.78, 5) is 2.30. The van der Waals surface area contributed by atoms with E-state index in [1.165, 1.54) is 6.42 Å². The number of hydrogen-bond acceptors (Lipinski definition) is 1. The van der Waals surface area contributed by atoms with Crippen molar-refractivity contribution in [2.75, 3.05) is 13.1 Å². The maximum Gasteiger partial charge on any atom is 0.169 e. The lowest BCUT2D eigenvalue weighted by Gasteiger charge is -2.24. The highest BCUT2D eigenvalue weighted by atomic mass is 32.1. The fourth-order valence-electron chi connectivity index (χ4n) is 1.84. The SMILES string of the molecule is CCNC(=S)N1CC(C)CC1C. The largest absolute Gasteiger partial charge is 0.363 e. The van der Waals surface area contributed by atoms with Crippen molar-refractivity contribution in [3.8, 4) is 0 Å². The fraction of sp³-hybridized carbons (Fsp3) is 0.889. The van der Waals surface area contributed by atoms with Gasteiger partial charge in [0.05, 0.1) is 0 Å². The zero-order valence-corrected chi connectivity index (χ0v) is 8.95. The zero-order valence-electron chi connectivity index (χ0n) is 8.13. The maximum atomic E-state index is 5.26. The van der Waals surface area contributed by atoms with E-state index in [4.69, 9.17) is 12.2 Å². The Balaban J connectivity index is 2.46. The number of nitrogens with one attached hydrogen (secondary N) is 1. The van der Waals surface area contributed by atoms with Crippen molar-refractivity contribution in [2.45, 2.75) is 33.2 Å². The molecule has 1 rings (SSSR count). The van der Waals surface area contributed by atoms with Crippen LogP contribution < -0.4 is 5.32 Å². The van der Waals surface area contributed by atoms with E-state index in [0.29, 0.717) is 6.04 Å². The molecule has 0 bridgehead atoms. The molecule has 0 aromatic rings. The lowest BCUT2D eigenvalue weighted by atomic mass is 10.1. The third-order valence-corrected chi connectivity index (χ3v) is 2.75. The van der Waals surface area contributed by atoms with Gasteiger partial charge in [-0.1, -0.05) is 6.92 Å². The Bertz CT molecular complexity index is 170. The van der Waals surface area contributed by atoms with Gasteiger partial charge in [-0.2, -0.15) is 0 Å². The van der Waals surface area contributed by atoms with Gasteiger partial charge in [-0.05, 0) is 38.4 Å². The van der Waals surface area contributed by atoms with E-state index in [1.54, 1.807) is 0 Å². The number of thiocarbonyl (C=S) groups is 1. The number of nitrogens with zero attached hydrogens (tertiary/aromatic N) is 1. The van der Waals surface area contributed by atoms with E-state index in [0.717, 1.165) is 24.1 Å². The third kappa shape index (κ3) is 2.09. The Morgan fingerprint density at radius 2 is 2.25 bits per heavy atom. The molecule has 2 unspecified atom stereocenters. The van der Waals surface area contributed by atoms with Crippen LogP contribution in [-0.2, 0) is 0 Å². The number of hydrogen-bond donors (Lipinski definition) is 1. The fourth-order valence-corrected chi connectivity index (χ4v) is 2.23. The first-order valence-electron chi connectivity index (χ1n) is 4.69. The van der Waals surface area contributed by atoms with Crippen LogP contribution in [0.25, 0.3) is 0 Å². The molecule has 0 aromatic heterocycles. The standard InChI is InChI=1S/C9H18N2S/c1-4-10-9(12)11-6-7(2)5-8(11)3/h7-8H,4-6H2,1-3H3,(H,10,12). The zero-order chi connectivity index (χ0) is 9.14. The van der Waals surface area contributed by atoms with Crippen molar-refractivity contribution in [2.24, 2.45) is 5.92 Å². The van der Waals surface area contributed by atoms with Crippen LogP contribution in [0, 0.1) is 5.92 Å². The Morgan fingerprint density at radius 1 is 1.58 bits per heavy atom. The molecule has 2 atom stereocenters. The van der Waals surface area contributed by atoms with Gasteiger partial charge in [-0.25, -0.2) is 0 Å². The van der Waals surface area contributed by atoms with Crippen molar-refractivity contribution in [3.05, 3.63) is 0 Å². The van der Waals surface area contributed by atoms with E-state index >= 15 is 0 Å². The first-order chi connectivity index (χ1) is 5.65.